The topological polar surface area (TPSA) is 83.9 Å². The van der Waals surface area contributed by atoms with Crippen molar-refractivity contribution in [3.8, 4) is 0 Å². The molecule has 0 spiro atoms. The van der Waals surface area contributed by atoms with Crippen molar-refractivity contribution in [2.45, 2.75) is 25.8 Å². The Labute approximate surface area is 88.4 Å². The molecule has 6 nitrogen and oxygen atoms in total. The fraction of sp³-hybridized carbons (Fsp3) is 0.625. The maximum atomic E-state index is 11.3. The molecule has 1 amide bonds. The van der Waals surface area contributed by atoms with Gasteiger partial charge >= 0.3 is 16.4 Å². The minimum atomic E-state index is -4.15. The summed E-state index contributed by atoms with van der Waals surface area (Å²) in [7, 11) is -4.15. The van der Waals surface area contributed by atoms with Gasteiger partial charge in [0.15, 0.2) is 0 Å². The van der Waals surface area contributed by atoms with Crippen molar-refractivity contribution in [2.75, 3.05) is 6.61 Å². The predicted molar refractivity (Wildman–Crippen MR) is 52.6 cm³/mol. The molecule has 0 aliphatic carbocycles. The molecule has 1 aliphatic rings. The Balaban J connectivity index is 3.11. The van der Waals surface area contributed by atoms with Gasteiger partial charge in [0.05, 0.1) is 12.1 Å². The van der Waals surface area contributed by atoms with Gasteiger partial charge in [0.2, 0.25) is 0 Å². The zero-order valence-corrected chi connectivity index (χ0v) is 9.37. The van der Waals surface area contributed by atoms with Crippen molar-refractivity contribution in [2.24, 2.45) is 0 Å². The fourth-order valence-electron chi connectivity index (χ4n) is 1.68. The summed E-state index contributed by atoms with van der Waals surface area (Å²) in [6.07, 6.45) is -1.28. The molecule has 0 saturated carbocycles. The van der Waals surface area contributed by atoms with Crippen molar-refractivity contribution in [1.82, 2.24) is 4.31 Å². The third-order valence-corrected chi connectivity index (χ3v) is 3.55. The van der Waals surface area contributed by atoms with Crippen LogP contribution < -0.4 is 0 Å². The zero-order valence-electron chi connectivity index (χ0n) is 8.56. The highest BCUT2D eigenvalue weighted by Gasteiger charge is 2.51. The van der Waals surface area contributed by atoms with E-state index in [0.29, 0.717) is 9.88 Å². The largest absolute Gasteiger partial charge is 0.464 e. The molecule has 7 heteroatoms. The highest BCUT2D eigenvalue weighted by molar-refractivity contribution is 7.85. The van der Waals surface area contributed by atoms with E-state index >= 15 is 0 Å². The highest BCUT2D eigenvalue weighted by Crippen LogP contribution is 2.33. The Morgan fingerprint density at radius 3 is 2.60 bits per heavy atom. The first-order valence-corrected chi connectivity index (χ1v) is 5.63. The molecule has 1 heterocycles. The third kappa shape index (κ3) is 2.13. The van der Waals surface area contributed by atoms with E-state index < -0.39 is 21.9 Å². The predicted octanol–water partition coefficient (Wildman–Crippen LogP) is 0.966. The van der Waals surface area contributed by atoms with Crippen LogP contribution >= 0.6 is 0 Å². The molecule has 0 aromatic rings. The number of amides is 1. The molecule has 1 aliphatic heterocycles. The summed E-state index contributed by atoms with van der Waals surface area (Å²) in [5.41, 5.74) is -0.388. The number of hydrogen-bond donors (Lipinski definition) is 1. The Bertz CT molecular complexity index is 401. The van der Waals surface area contributed by atoms with Gasteiger partial charge in [-0.1, -0.05) is 5.57 Å². The van der Waals surface area contributed by atoms with Gasteiger partial charge < -0.3 is 5.11 Å². The number of carboxylic acid groups (broad SMARTS) is 1. The zero-order chi connectivity index (χ0) is 11.9. The van der Waals surface area contributed by atoms with Crippen molar-refractivity contribution < 1.29 is 22.5 Å². The number of hydrogen-bond acceptors (Lipinski definition) is 4. The summed E-state index contributed by atoms with van der Waals surface area (Å²) in [6, 6.07) is 0. The Hall–Kier alpha value is -1.08. The van der Waals surface area contributed by atoms with E-state index in [1.807, 2.05) is 0 Å². The lowest BCUT2D eigenvalue weighted by atomic mass is 9.95. The SMILES string of the molecule is C=C(C)CC1(C)COS(=O)(=O)N1C(=O)O. The van der Waals surface area contributed by atoms with Crippen LogP contribution in [0.15, 0.2) is 12.2 Å². The maximum Gasteiger partial charge on any atom is 0.423 e. The molecule has 0 aromatic carbocycles. The van der Waals surface area contributed by atoms with Gasteiger partial charge in [0, 0.05) is 0 Å². The van der Waals surface area contributed by atoms with Crippen LogP contribution in [0.1, 0.15) is 20.3 Å². The first-order valence-electron chi connectivity index (χ1n) is 4.26. The molecular formula is C8H13NO5S. The Kier molecular flexibility index (Phi) is 2.79. The van der Waals surface area contributed by atoms with Crippen molar-refractivity contribution in [3.05, 3.63) is 12.2 Å². The van der Waals surface area contributed by atoms with Crippen LogP contribution in [0.2, 0.25) is 0 Å². The van der Waals surface area contributed by atoms with E-state index in [2.05, 4.69) is 10.8 Å². The molecule has 0 aromatic heterocycles. The molecule has 1 saturated heterocycles. The second kappa shape index (κ2) is 3.49. The van der Waals surface area contributed by atoms with E-state index in [-0.39, 0.29) is 13.0 Å². The Morgan fingerprint density at radius 1 is 1.67 bits per heavy atom. The van der Waals surface area contributed by atoms with Crippen LogP contribution in [0.4, 0.5) is 4.79 Å². The quantitative estimate of drug-likeness (QED) is 0.721. The van der Waals surface area contributed by atoms with Gasteiger partial charge in [-0.15, -0.1) is 6.58 Å². The first kappa shape index (κ1) is 12.0. The van der Waals surface area contributed by atoms with Gasteiger partial charge in [-0.2, -0.15) is 12.7 Å². The van der Waals surface area contributed by atoms with E-state index in [0.717, 1.165) is 0 Å². The van der Waals surface area contributed by atoms with Crippen LogP contribution in [0.3, 0.4) is 0 Å². The lowest BCUT2D eigenvalue weighted by Gasteiger charge is -2.28. The average Bonchev–Trinajstić information content (AvgIpc) is 2.19. The normalized spacial score (nSPS) is 29.1. The number of rotatable bonds is 2. The third-order valence-electron chi connectivity index (χ3n) is 2.09. The van der Waals surface area contributed by atoms with Gasteiger partial charge in [0.1, 0.15) is 0 Å². The molecule has 86 valence electrons. The second-order valence-electron chi connectivity index (χ2n) is 3.90. The van der Waals surface area contributed by atoms with Gasteiger partial charge in [-0.05, 0) is 20.3 Å². The summed E-state index contributed by atoms with van der Waals surface area (Å²) in [4.78, 5) is 10.9. The van der Waals surface area contributed by atoms with Crippen molar-refractivity contribution in [3.63, 3.8) is 0 Å². The fourth-order valence-corrected chi connectivity index (χ4v) is 3.04. The smallest absolute Gasteiger partial charge is 0.423 e. The van der Waals surface area contributed by atoms with Crippen LogP contribution in [0, 0.1) is 0 Å². The van der Waals surface area contributed by atoms with E-state index in [9.17, 15) is 13.2 Å². The summed E-state index contributed by atoms with van der Waals surface area (Å²) in [5.74, 6) is 0. The Morgan fingerprint density at radius 2 is 2.20 bits per heavy atom. The van der Waals surface area contributed by atoms with Crippen LogP contribution in [0.5, 0.6) is 0 Å². The summed E-state index contributed by atoms with van der Waals surface area (Å²) >= 11 is 0. The average molecular weight is 235 g/mol. The van der Waals surface area contributed by atoms with Gasteiger partial charge in [-0.3, -0.25) is 4.18 Å². The summed E-state index contributed by atoms with van der Waals surface area (Å²) in [5, 5.41) is 8.83. The molecular weight excluding hydrogens is 222 g/mol. The minimum Gasteiger partial charge on any atom is -0.464 e. The van der Waals surface area contributed by atoms with E-state index in [4.69, 9.17) is 5.11 Å². The molecule has 1 rings (SSSR count). The maximum absolute atomic E-state index is 11.3. The minimum absolute atomic E-state index is 0.172. The molecule has 15 heavy (non-hydrogen) atoms. The van der Waals surface area contributed by atoms with Crippen LogP contribution in [0.25, 0.3) is 0 Å². The first-order chi connectivity index (χ1) is 6.69. The lowest BCUT2D eigenvalue weighted by Crippen LogP contribution is -2.47. The van der Waals surface area contributed by atoms with Crippen LogP contribution in [-0.4, -0.2) is 36.1 Å². The van der Waals surface area contributed by atoms with Gasteiger partial charge in [-0.25, -0.2) is 4.79 Å². The van der Waals surface area contributed by atoms with E-state index in [1.165, 1.54) is 6.92 Å². The lowest BCUT2D eigenvalue weighted by molar-refractivity contribution is 0.139. The molecule has 1 atom stereocenters. The molecule has 1 N–H and O–H groups in total. The summed E-state index contributed by atoms with van der Waals surface area (Å²) < 4.78 is 27.4. The monoisotopic (exact) mass is 235 g/mol. The second-order valence-corrected chi connectivity index (χ2v) is 5.35. The standard InChI is InChI=1S/C8H13NO5S/c1-6(2)4-8(3)5-14-15(12,13)9(8)7(10)11/h1,4-5H2,2-3H3,(H,10,11). The van der Waals surface area contributed by atoms with Crippen LogP contribution in [-0.2, 0) is 14.5 Å². The van der Waals surface area contributed by atoms with Crippen molar-refractivity contribution in [1.29, 1.82) is 0 Å². The van der Waals surface area contributed by atoms with Crippen molar-refractivity contribution >= 4 is 16.4 Å². The molecule has 1 fully saturated rings. The summed E-state index contributed by atoms with van der Waals surface area (Å²) in [6.45, 7) is 6.68. The molecule has 1 unspecified atom stereocenters. The number of carbonyl (C=O) groups is 1. The van der Waals surface area contributed by atoms with Gasteiger partial charge in [0.25, 0.3) is 0 Å². The van der Waals surface area contributed by atoms with E-state index in [1.54, 1.807) is 6.92 Å². The molecule has 0 radical (unpaired) electrons. The number of nitrogens with zero attached hydrogens (tertiary/aromatic N) is 1. The molecule has 0 bridgehead atoms. The highest BCUT2D eigenvalue weighted by atomic mass is 32.2.